The second kappa shape index (κ2) is 5.81. The van der Waals surface area contributed by atoms with Gasteiger partial charge < -0.3 is 20.2 Å². The summed E-state index contributed by atoms with van der Waals surface area (Å²) in [5.74, 6) is 0.298. The zero-order valence-electron chi connectivity index (χ0n) is 12.9. The minimum Gasteiger partial charge on any atom is -0.442 e. The molecule has 1 amide bonds. The van der Waals surface area contributed by atoms with Gasteiger partial charge in [0.1, 0.15) is 6.10 Å². The lowest BCUT2D eigenvalue weighted by Crippen LogP contribution is -2.57. The van der Waals surface area contributed by atoms with Crippen molar-refractivity contribution in [2.24, 2.45) is 11.7 Å². The molecule has 1 rings (SSSR count). The van der Waals surface area contributed by atoms with Gasteiger partial charge in [0.15, 0.2) is 8.32 Å². The molecule has 1 heterocycles. The molecule has 6 heteroatoms. The van der Waals surface area contributed by atoms with Gasteiger partial charge in [-0.15, -0.1) is 0 Å². The summed E-state index contributed by atoms with van der Waals surface area (Å²) in [6, 6.07) is 0. The van der Waals surface area contributed by atoms with Crippen LogP contribution in [-0.2, 0) is 9.16 Å². The summed E-state index contributed by atoms with van der Waals surface area (Å²) in [7, 11) is -1.89. The molecule has 0 unspecified atom stereocenters. The molecule has 1 saturated heterocycles. The molecule has 19 heavy (non-hydrogen) atoms. The van der Waals surface area contributed by atoms with Gasteiger partial charge in [0.2, 0.25) is 0 Å². The Kier molecular flexibility index (Phi) is 5.03. The van der Waals surface area contributed by atoms with E-state index in [1.165, 1.54) is 0 Å². The lowest BCUT2D eigenvalue weighted by molar-refractivity contribution is -0.0286. The summed E-state index contributed by atoms with van der Waals surface area (Å²) in [6.45, 7) is 14.6. The maximum atomic E-state index is 11.0. The van der Waals surface area contributed by atoms with Gasteiger partial charge in [-0.25, -0.2) is 4.79 Å². The largest absolute Gasteiger partial charge is 0.442 e. The second-order valence-corrected chi connectivity index (χ2v) is 11.7. The van der Waals surface area contributed by atoms with E-state index < -0.39 is 14.4 Å². The number of carbonyl (C=O) groups excluding carboxylic acids is 1. The highest BCUT2D eigenvalue weighted by molar-refractivity contribution is 6.74. The van der Waals surface area contributed by atoms with Crippen LogP contribution in [-0.4, -0.2) is 39.7 Å². The third kappa shape index (κ3) is 4.19. The molecule has 3 atom stereocenters. The molecular formula is C13H28N2O3Si. The minimum absolute atomic E-state index is 0.0744. The fourth-order valence-electron chi connectivity index (χ4n) is 2.02. The number of ether oxygens (including phenoxy) is 1. The highest BCUT2D eigenvalue weighted by Gasteiger charge is 2.44. The van der Waals surface area contributed by atoms with E-state index in [-0.39, 0.29) is 17.2 Å². The molecule has 0 bridgehead atoms. The van der Waals surface area contributed by atoms with Crippen molar-refractivity contribution >= 4 is 14.4 Å². The third-order valence-corrected chi connectivity index (χ3v) is 8.72. The second-order valence-electron chi connectivity index (χ2n) is 6.95. The van der Waals surface area contributed by atoms with Crippen LogP contribution in [0.4, 0.5) is 4.79 Å². The summed E-state index contributed by atoms with van der Waals surface area (Å²) in [4.78, 5) is 11.0. The highest BCUT2D eigenvalue weighted by atomic mass is 28.4. The first kappa shape index (κ1) is 16.5. The Bertz CT molecular complexity index is 328. The summed E-state index contributed by atoms with van der Waals surface area (Å²) < 4.78 is 11.6. The maximum Gasteiger partial charge on any atom is 0.404 e. The maximum absolute atomic E-state index is 11.0. The van der Waals surface area contributed by atoms with Gasteiger partial charge in [-0.2, -0.15) is 0 Å². The van der Waals surface area contributed by atoms with Gasteiger partial charge in [-0.3, -0.25) is 0 Å². The molecule has 0 aliphatic carbocycles. The first-order valence-corrected chi connectivity index (χ1v) is 9.80. The molecular weight excluding hydrogens is 260 g/mol. The summed E-state index contributed by atoms with van der Waals surface area (Å²) in [5, 5.41) is 3.38. The van der Waals surface area contributed by atoms with Gasteiger partial charge in [-0.1, -0.05) is 27.7 Å². The van der Waals surface area contributed by atoms with E-state index in [2.05, 4.69) is 46.1 Å². The van der Waals surface area contributed by atoms with Crippen molar-refractivity contribution in [3.8, 4) is 0 Å². The Hall–Kier alpha value is -0.593. The van der Waals surface area contributed by atoms with E-state index in [1.807, 2.05) is 0 Å². The average molecular weight is 288 g/mol. The monoisotopic (exact) mass is 288 g/mol. The summed E-state index contributed by atoms with van der Waals surface area (Å²) in [6.07, 6.45) is -1.10. The van der Waals surface area contributed by atoms with E-state index >= 15 is 0 Å². The predicted molar refractivity (Wildman–Crippen MR) is 78.6 cm³/mol. The molecule has 1 aliphatic rings. The summed E-state index contributed by atoms with van der Waals surface area (Å²) in [5.41, 5.74) is 5.15. The van der Waals surface area contributed by atoms with Crippen LogP contribution in [0.3, 0.4) is 0 Å². The molecule has 0 radical (unpaired) electrons. The lowest BCUT2D eigenvalue weighted by atomic mass is 9.96. The van der Waals surface area contributed by atoms with Crippen molar-refractivity contribution in [1.29, 1.82) is 0 Å². The van der Waals surface area contributed by atoms with Crippen LogP contribution in [0.5, 0.6) is 0 Å². The Labute approximate surface area is 117 Å². The van der Waals surface area contributed by atoms with Gasteiger partial charge in [0.05, 0.1) is 6.10 Å². The average Bonchev–Trinajstić information content (AvgIpc) is 2.20. The van der Waals surface area contributed by atoms with Crippen LogP contribution in [0.25, 0.3) is 0 Å². The van der Waals surface area contributed by atoms with Gasteiger partial charge in [0, 0.05) is 13.1 Å². The molecule has 112 valence electrons. The number of rotatable bonds is 3. The van der Waals surface area contributed by atoms with E-state index in [9.17, 15) is 4.79 Å². The zero-order chi connectivity index (χ0) is 14.8. The first-order chi connectivity index (χ1) is 8.54. The van der Waals surface area contributed by atoms with Gasteiger partial charge in [-0.05, 0) is 24.1 Å². The van der Waals surface area contributed by atoms with Crippen molar-refractivity contribution in [3.63, 3.8) is 0 Å². The number of hydrogen-bond acceptors (Lipinski definition) is 4. The smallest absolute Gasteiger partial charge is 0.404 e. The van der Waals surface area contributed by atoms with Crippen LogP contribution >= 0.6 is 0 Å². The standard InChI is InChI=1S/C13H28N2O3Si/c1-9-7-15-8-10(17-12(14)16)11(9)18-19(5,6)13(2,3)4/h9-11,15H,7-8H2,1-6H3,(H2,14,16)/t9-,10+,11+/m0/s1. The molecule has 1 fully saturated rings. The van der Waals surface area contributed by atoms with E-state index in [1.54, 1.807) is 0 Å². The van der Waals surface area contributed by atoms with Crippen molar-refractivity contribution in [2.75, 3.05) is 13.1 Å². The van der Waals surface area contributed by atoms with Crippen LogP contribution in [0.2, 0.25) is 18.1 Å². The van der Waals surface area contributed by atoms with Gasteiger partial charge >= 0.3 is 6.09 Å². The molecule has 0 aromatic heterocycles. The number of amides is 1. The Balaban J connectivity index is 2.83. The molecule has 0 saturated carbocycles. The molecule has 5 nitrogen and oxygen atoms in total. The van der Waals surface area contributed by atoms with Crippen molar-refractivity contribution in [3.05, 3.63) is 0 Å². The summed E-state index contributed by atoms with van der Waals surface area (Å²) >= 11 is 0. The van der Waals surface area contributed by atoms with Crippen LogP contribution in [0.1, 0.15) is 27.7 Å². The van der Waals surface area contributed by atoms with E-state index in [0.29, 0.717) is 12.5 Å². The molecule has 0 spiro atoms. The first-order valence-electron chi connectivity index (χ1n) is 6.89. The molecule has 0 aromatic carbocycles. The minimum atomic E-state index is -1.89. The topological polar surface area (TPSA) is 73.6 Å². The quantitative estimate of drug-likeness (QED) is 0.780. The number of carbonyl (C=O) groups is 1. The fourth-order valence-corrected chi connectivity index (χ4v) is 3.44. The highest BCUT2D eigenvalue weighted by Crippen LogP contribution is 2.39. The number of hydrogen-bond donors (Lipinski definition) is 2. The van der Waals surface area contributed by atoms with Crippen molar-refractivity contribution in [1.82, 2.24) is 5.32 Å². The van der Waals surface area contributed by atoms with Crippen LogP contribution in [0, 0.1) is 5.92 Å². The fraction of sp³-hybridized carbons (Fsp3) is 0.923. The third-order valence-electron chi connectivity index (χ3n) is 4.24. The Morgan fingerprint density at radius 1 is 1.32 bits per heavy atom. The number of piperidine rings is 1. The number of nitrogens with one attached hydrogen (secondary N) is 1. The molecule has 3 N–H and O–H groups in total. The normalized spacial score (nSPS) is 29.1. The molecule has 0 aromatic rings. The molecule has 1 aliphatic heterocycles. The Morgan fingerprint density at radius 2 is 1.89 bits per heavy atom. The van der Waals surface area contributed by atoms with E-state index in [0.717, 1.165) is 6.54 Å². The number of nitrogens with two attached hydrogens (primary N) is 1. The van der Waals surface area contributed by atoms with Gasteiger partial charge in [0.25, 0.3) is 0 Å². The van der Waals surface area contributed by atoms with Crippen LogP contribution in [0.15, 0.2) is 0 Å². The zero-order valence-corrected chi connectivity index (χ0v) is 13.9. The lowest BCUT2D eigenvalue weighted by Gasteiger charge is -2.44. The SMILES string of the molecule is C[C@H]1CNC[C@@H](OC(N)=O)[C@@H]1O[Si](C)(C)C(C)(C)C. The predicted octanol–water partition coefficient (Wildman–Crippen LogP) is 2.08. The number of primary amides is 1. The van der Waals surface area contributed by atoms with Crippen LogP contribution < -0.4 is 11.1 Å². The van der Waals surface area contributed by atoms with Crippen molar-refractivity contribution < 1.29 is 14.0 Å². The van der Waals surface area contributed by atoms with E-state index in [4.69, 9.17) is 14.9 Å². The Morgan fingerprint density at radius 3 is 2.37 bits per heavy atom. The van der Waals surface area contributed by atoms with Crippen molar-refractivity contribution in [2.45, 2.75) is 58.0 Å².